The molecule has 0 aliphatic heterocycles. The summed E-state index contributed by atoms with van der Waals surface area (Å²) in [5.74, 6) is 0. The summed E-state index contributed by atoms with van der Waals surface area (Å²) in [4.78, 5) is 8.00. The Labute approximate surface area is 127 Å². The van der Waals surface area contributed by atoms with Crippen LogP contribution in [0.2, 0.25) is 0 Å². The Morgan fingerprint density at radius 2 is 1.33 bits per heavy atom. The first-order chi connectivity index (χ1) is 1.41. The molecule has 0 bridgehead atoms. The van der Waals surface area contributed by atoms with Gasteiger partial charge < -0.3 is 22.5 Å². The van der Waals surface area contributed by atoms with Crippen molar-refractivity contribution in [3.63, 3.8) is 0 Å². The molecule has 6 heteroatoms. The molecule has 0 spiro atoms. The molecule has 6 heavy (non-hydrogen) atoms. The monoisotopic (exact) mass is 159 g/mol. The van der Waals surface area contributed by atoms with Gasteiger partial charge in [0.15, 0.2) is 0 Å². The molecule has 0 aromatic heterocycles. The van der Waals surface area contributed by atoms with E-state index in [1.54, 1.807) is 0 Å². The molecular weight excluding hydrogens is 160 g/mol. The van der Waals surface area contributed by atoms with E-state index in [2.05, 4.69) is 0 Å². The van der Waals surface area contributed by atoms with Crippen LogP contribution in [0.25, 0.3) is 0 Å². The summed E-state index contributed by atoms with van der Waals surface area (Å²) in [6.45, 7) is 0. The van der Waals surface area contributed by atoms with E-state index in [9.17, 15) is 0 Å². The van der Waals surface area contributed by atoms with Gasteiger partial charge in [-0.15, -0.1) is 5.34 Å². The SMILES string of the molecule is O=N[O-].[Cl-].[K+].[K+]. The Kier molecular flexibility index (Phi) is 94.5. The average Bonchev–Trinajstić information content (AvgIpc) is 0.918. The van der Waals surface area contributed by atoms with Gasteiger partial charge in [0.05, 0.1) is 0 Å². The van der Waals surface area contributed by atoms with E-state index in [-0.39, 0.29) is 115 Å². The van der Waals surface area contributed by atoms with Gasteiger partial charge in [-0.25, -0.2) is 0 Å². The first-order valence-corrected chi connectivity index (χ1v) is 0.365. The maximum absolute atomic E-state index is 8.00. The zero-order valence-electron chi connectivity index (χ0n) is 3.64. The van der Waals surface area contributed by atoms with Gasteiger partial charge in [0, 0.05) is 0 Å². The van der Waals surface area contributed by atoms with Crippen LogP contribution in [0.3, 0.4) is 0 Å². The fourth-order valence-electron chi connectivity index (χ4n) is 0. The number of nitrogens with zero attached hydrogens (tertiary/aromatic N) is 1. The van der Waals surface area contributed by atoms with Gasteiger partial charge in [-0.05, 0) is 0 Å². The molecule has 0 atom stereocenters. The molecule has 0 heterocycles. The molecule has 0 aliphatic rings. The number of halogens is 1. The van der Waals surface area contributed by atoms with Gasteiger partial charge in [0.25, 0.3) is 0 Å². The Morgan fingerprint density at radius 3 is 1.33 bits per heavy atom. The molecule has 0 aromatic rings. The Bertz CT molecular complexity index is 19.0. The summed E-state index contributed by atoms with van der Waals surface area (Å²) in [6.07, 6.45) is 0. The van der Waals surface area contributed by atoms with E-state index in [1.807, 2.05) is 0 Å². The van der Waals surface area contributed by atoms with Crippen LogP contribution in [-0.2, 0) is 0 Å². The maximum Gasteiger partial charge on any atom is 1.00 e. The minimum Gasteiger partial charge on any atom is -1.00 e. The molecule has 0 aliphatic carbocycles. The van der Waals surface area contributed by atoms with Gasteiger partial charge in [-0.3, -0.25) is 0 Å². The van der Waals surface area contributed by atoms with Crippen LogP contribution >= 0.6 is 0 Å². The standard InChI is InChI=1S/ClH.2K.HNO2/c;;;2-1-3/h1H;;;(H,2,3)/q;2*+1;/p-2. The topological polar surface area (TPSA) is 52.5 Å². The van der Waals surface area contributed by atoms with Crippen LogP contribution in [0, 0.1) is 10.1 Å². The second kappa shape index (κ2) is 24.6. The minimum absolute atomic E-state index is 0. The molecule has 3 nitrogen and oxygen atoms in total. The van der Waals surface area contributed by atoms with Crippen molar-refractivity contribution < 1.29 is 115 Å². The molecule has 0 saturated heterocycles. The molecule has 0 amide bonds. The third-order valence-electron chi connectivity index (χ3n) is 0. The Balaban J connectivity index is -0.00000000667. The Morgan fingerprint density at radius 1 is 1.33 bits per heavy atom. The molecular formula is ClK2NO2. The maximum atomic E-state index is 8.00. The quantitative estimate of drug-likeness (QED) is 0.200. The summed E-state index contributed by atoms with van der Waals surface area (Å²) >= 11 is 0. The molecule has 0 aromatic carbocycles. The smallest absolute Gasteiger partial charge is 1.00 e. The van der Waals surface area contributed by atoms with E-state index in [1.165, 1.54) is 0 Å². The number of rotatable bonds is 0. The molecule has 0 rings (SSSR count). The molecule has 0 radical (unpaired) electrons. The van der Waals surface area contributed by atoms with Crippen LogP contribution in [0.5, 0.6) is 0 Å². The molecule has 26 valence electrons. The van der Waals surface area contributed by atoms with E-state index in [0.717, 1.165) is 5.34 Å². The van der Waals surface area contributed by atoms with Gasteiger partial charge >= 0.3 is 103 Å². The second-order valence-electron chi connectivity index (χ2n) is 0.0745. The van der Waals surface area contributed by atoms with Crippen molar-refractivity contribution in [3.05, 3.63) is 10.1 Å². The Hall–Kier alpha value is 2.96. The van der Waals surface area contributed by atoms with Crippen LogP contribution < -0.4 is 115 Å². The molecule has 0 saturated carbocycles. The minimum atomic E-state index is 0. The third kappa shape index (κ3) is 28.2. The van der Waals surface area contributed by atoms with Crippen molar-refractivity contribution in [2.75, 3.05) is 0 Å². The van der Waals surface area contributed by atoms with Crippen LogP contribution in [-0.4, -0.2) is 0 Å². The zero-order valence-corrected chi connectivity index (χ0v) is 10.6. The van der Waals surface area contributed by atoms with Crippen LogP contribution in [0.1, 0.15) is 0 Å². The van der Waals surface area contributed by atoms with Gasteiger partial charge in [-0.1, -0.05) is 0 Å². The predicted octanol–water partition coefficient (Wildman–Crippen LogP) is -8.74. The van der Waals surface area contributed by atoms with E-state index in [0.29, 0.717) is 0 Å². The summed E-state index contributed by atoms with van der Waals surface area (Å²) in [5, 5.41) is 9.00. The zero-order chi connectivity index (χ0) is 2.71. The van der Waals surface area contributed by atoms with Gasteiger partial charge in [0.1, 0.15) is 0 Å². The first kappa shape index (κ1) is 23.1. The summed E-state index contributed by atoms with van der Waals surface area (Å²) in [7, 11) is 0. The fourth-order valence-corrected chi connectivity index (χ4v) is 0. The molecule has 0 fully saturated rings. The van der Waals surface area contributed by atoms with Crippen molar-refractivity contribution >= 4 is 0 Å². The average molecular weight is 160 g/mol. The van der Waals surface area contributed by atoms with E-state index >= 15 is 0 Å². The summed E-state index contributed by atoms with van der Waals surface area (Å²) in [6, 6.07) is 0. The van der Waals surface area contributed by atoms with Crippen LogP contribution in [0.4, 0.5) is 0 Å². The third-order valence-corrected chi connectivity index (χ3v) is 0. The van der Waals surface area contributed by atoms with Crippen molar-refractivity contribution in [3.8, 4) is 0 Å². The van der Waals surface area contributed by atoms with Crippen molar-refractivity contribution in [1.82, 2.24) is 0 Å². The summed E-state index contributed by atoms with van der Waals surface area (Å²) in [5.41, 5.74) is 0. The van der Waals surface area contributed by atoms with Crippen LogP contribution in [0.15, 0.2) is 5.34 Å². The van der Waals surface area contributed by atoms with Gasteiger partial charge in [0.2, 0.25) is 0 Å². The summed E-state index contributed by atoms with van der Waals surface area (Å²) < 4.78 is 0. The first-order valence-electron chi connectivity index (χ1n) is 0.365. The second-order valence-corrected chi connectivity index (χ2v) is 0.0745. The van der Waals surface area contributed by atoms with Crippen molar-refractivity contribution in [1.29, 1.82) is 0 Å². The van der Waals surface area contributed by atoms with Gasteiger partial charge in [-0.2, -0.15) is 0 Å². The van der Waals surface area contributed by atoms with Crippen molar-refractivity contribution in [2.45, 2.75) is 0 Å². The number of hydrogen-bond donors (Lipinski definition) is 0. The fraction of sp³-hybridized carbons (Fsp3) is 0. The van der Waals surface area contributed by atoms with E-state index in [4.69, 9.17) is 10.1 Å². The normalized spacial score (nSPS) is 2.00. The van der Waals surface area contributed by atoms with E-state index < -0.39 is 0 Å². The van der Waals surface area contributed by atoms with Crippen molar-refractivity contribution in [2.24, 2.45) is 5.34 Å². The number of hydrogen-bond acceptors (Lipinski definition) is 3. The molecule has 0 N–H and O–H groups in total. The predicted molar refractivity (Wildman–Crippen MR) is 9.16 cm³/mol. The molecule has 0 unspecified atom stereocenters. The largest absolute Gasteiger partial charge is 1.00 e.